The Morgan fingerprint density at radius 3 is 2.66 bits per heavy atom. The van der Waals surface area contributed by atoms with Crippen molar-refractivity contribution < 1.29 is 27.8 Å². The molecular formula is C34H47ClN2O6S. The quantitative estimate of drug-likeness (QED) is 0.230. The molecule has 1 heterocycles. The first-order valence-electron chi connectivity index (χ1n) is 15.6. The molecule has 242 valence electrons. The third-order valence-electron chi connectivity index (χ3n) is 9.19. The topological polar surface area (TPSA) is 119 Å². The highest BCUT2D eigenvalue weighted by Gasteiger charge is 2.47. The molecule has 2 aromatic rings. The number of nitrogens with two attached hydrogens (primary N) is 1. The Morgan fingerprint density at radius 1 is 1.20 bits per heavy atom. The second-order valence-electron chi connectivity index (χ2n) is 13.0. The van der Waals surface area contributed by atoms with Gasteiger partial charge in [0.15, 0.2) is 0 Å². The summed E-state index contributed by atoms with van der Waals surface area (Å²) in [6.45, 7) is 9.81. The maximum Gasteiger partial charge on any atom is 0.338 e. The number of hydrogen-bond acceptors (Lipinski definition) is 7. The van der Waals surface area contributed by atoms with Crippen LogP contribution >= 0.6 is 11.6 Å². The van der Waals surface area contributed by atoms with E-state index in [0.29, 0.717) is 36.1 Å². The van der Waals surface area contributed by atoms with Crippen molar-refractivity contribution in [2.45, 2.75) is 84.2 Å². The van der Waals surface area contributed by atoms with Gasteiger partial charge in [0.25, 0.3) is 0 Å². The highest BCUT2D eigenvalue weighted by molar-refractivity contribution is 7.89. The molecule has 3 N–H and O–H groups in total. The summed E-state index contributed by atoms with van der Waals surface area (Å²) in [4.78, 5) is 15.3. The summed E-state index contributed by atoms with van der Waals surface area (Å²) in [6.07, 6.45) is 7.51. The molecule has 8 nitrogen and oxygen atoms in total. The smallest absolute Gasteiger partial charge is 0.338 e. The predicted molar refractivity (Wildman–Crippen MR) is 176 cm³/mol. The van der Waals surface area contributed by atoms with Gasteiger partial charge in [-0.2, -0.15) is 0 Å². The van der Waals surface area contributed by atoms with E-state index in [0.717, 1.165) is 49.9 Å². The maximum atomic E-state index is 13.0. The Hall–Kier alpha value is -2.59. The van der Waals surface area contributed by atoms with Crippen LogP contribution in [0, 0.1) is 17.3 Å². The van der Waals surface area contributed by atoms with Gasteiger partial charge in [-0.05, 0) is 98.7 Å². The number of fused-ring (bicyclic) bond motifs is 2. The minimum atomic E-state index is -3.63. The molecular weight excluding hydrogens is 600 g/mol. The fraction of sp³-hybridized carbons (Fsp3) is 0.559. The van der Waals surface area contributed by atoms with Gasteiger partial charge in [0.2, 0.25) is 10.0 Å². The van der Waals surface area contributed by atoms with E-state index in [1.165, 1.54) is 5.56 Å². The molecule has 4 atom stereocenters. The van der Waals surface area contributed by atoms with Crippen LogP contribution in [-0.4, -0.2) is 50.5 Å². The summed E-state index contributed by atoms with van der Waals surface area (Å²) >= 11 is 6.32. The van der Waals surface area contributed by atoms with Gasteiger partial charge < -0.3 is 19.5 Å². The van der Waals surface area contributed by atoms with E-state index >= 15 is 0 Å². The van der Waals surface area contributed by atoms with Gasteiger partial charge in [0.05, 0.1) is 29.2 Å². The van der Waals surface area contributed by atoms with Crippen LogP contribution in [0.5, 0.6) is 5.75 Å². The first kappa shape index (κ1) is 34.3. The largest absolute Gasteiger partial charge is 0.487 e. The zero-order valence-corrected chi connectivity index (χ0v) is 27.9. The zero-order chi connectivity index (χ0) is 32.1. The average molecular weight is 647 g/mol. The van der Waals surface area contributed by atoms with Gasteiger partial charge in [0.1, 0.15) is 12.4 Å². The van der Waals surface area contributed by atoms with E-state index < -0.39 is 21.4 Å². The van der Waals surface area contributed by atoms with Crippen LogP contribution in [0.4, 0.5) is 5.69 Å². The Bertz CT molecular complexity index is 1450. The molecule has 1 aliphatic heterocycles. The van der Waals surface area contributed by atoms with Crippen LogP contribution in [0.15, 0.2) is 48.6 Å². The molecule has 0 aromatic heterocycles. The first-order chi connectivity index (χ1) is 20.8. The van der Waals surface area contributed by atoms with E-state index in [1.54, 1.807) is 25.1 Å². The number of benzene rings is 2. The molecule has 1 fully saturated rings. The van der Waals surface area contributed by atoms with E-state index in [9.17, 15) is 18.3 Å². The van der Waals surface area contributed by atoms with Crippen molar-refractivity contribution in [3.8, 4) is 5.75 Å². The Labute approximate surface area is 267 Å². The minimum absolute atomic E-state index is 0.170. The molecule has 0 amide bonds. The fourth-order valence-electron chi connectivity index (χ4n) is 5.90. The fourth-order valence-corrected chi connectivity index (χ4v) is 6.48. The number of sulfonamides is 1. The third-order valence-corrected chi connectivity index (χ3v) is 10.7. The second kappa shape index (κ2) is 14.7. The molecule has 0 spiro atoms. The van der Waals surface area contributed by atoms with Gasteiger partial charge in [-0.1, -0.05) is 50.6 Å². The molecule has 4 rings (SSSR count). The number of allylic oxidation sites excluding steroid dienone is 1. The summed E-state index contributed by atoms with van der Waals surface area (Å²) in [5, 5.41) is 16.5. The standard InChI is InChI=1S/C34H47ClN2O6S/c1-23(2)21-43-33(39)26-12-14-31-30(19-26)37(17-6-5-9-25-18-29(35)13-11-27(25)22-42-31)20-28-15-16-34(28,4)32(38)10-7-8-24(3)44(36,40)41/h7,10-14,18-19,23-24,28,32,38H,5-6,8-9,15-17,20-22H2,1-4H3,(H2,36,40,41)/b10-7+/t24-,28+,32-,34-/m1/s1. The van der Waals surface area contributed by atoms with E-state index in [2.05, 4.69) is 11.8 Å². The van der Waals surface area contributed by atoms with Crippen LogP contribution in [0.1, 0.15) is 81.3 Å². The molecule has 0 bridgehead atoms. The number of hydrogen-bond donors (Lipinski definition) is 2. The lowest BCUT2D eigenvalue weighted by atomic mass is 9.58. The van der Waals surface area contributed by atoms with Crippen molar-refractivity contribution in [1.29, 1.82) is 0 Å². The van der Waals surface area contributed by atoms with E-state index in [1.807, 2.05) is 44.2 Å². The van der Waals surface area contributed by atoms with Crippen molar-refractivity contribution in [2.24, 2.45) is 22.4 Å². The number of carbonyl (C=O) groups is 1. The number of anilines is 1. The molecule has 0 saturated heterocycles. The molecule has 2 aliphatic rings. The predicted octanol–water partition coefficient (Wildman–Crippen LogP) is 6.28. The molecule has 0 radical (unpaired) electrons. The number of aliphatic hydroxyl groups is 1. The van der Waals surface area contributed by atoms with Crippen LogP contribution in [0.3, 0.4) is 0 Å². The van der Waals surface area contributed by atoms with Crippen molar-refractivity contribution >= 4 is 33.3 Å². The monoisotopic (exact) mass is 646 g/mol. The number of nitrogens with zero attached hydrogens (tertiary/aromatic N) is 1. The molecule has 10 heteroatoms. The highest BCUT2D eigenvalue weighted by Crippen LogP contribution is 2.50. The maximum absolute atomic E-state index is 13.0. The van der Waals surface area contributed by atoms with Crippen molar-refractivity contribution in [3.63, 3.8) is 0 Å². The van der Waals surface area contributed by atoms with Gasteiger partial charge in [-0.3, -0.25) is 0 Å². The van der Waals surface area contributed by atoms with Crippen LogP contribution in [-0.2, 0) is 27.8 Å². The first-order valence-corrected chi connectivity index (χ1v) is 17.6. The second-order valence-corrected chi connectivity index (χ2v) is 15.4. The normalized spacial score (nSPS) is 22.3. The summed E-state index contributed by atoms with van der Waals surface area (Å²) in [5.74, 6) is 0.723. The molecule has 0 unspecified atom stereocenters. The summed E-state index contributed by atoms with van der Waals surface area (Å²) in [5.41, 5.74) is 3.20. The van der Waals surface area contributed by atoms with Gasteiger partial charge in [-0.25, -0.2) is 18.4 Å². The summed E-state index contributed by atoms with van der Waals surface area (Å²) in [6, 6.07) is 11.4. The Balaban J connectivity index is 1.60. The molecule has 44 heavy (non-hydrogen) atoms. The van der Waals surface area contributed by atoms with Crippen LogP contribution in [0.2, 0.25) is 5.02 Å². The van der Waals surface area contributed by atoms with Crippen molar-refractivity contribution in [3.05, 3.63) is 70.3 Å². The molecule has 1 saturated carbocycles. The molecule has 2 aromatic carbocycles. The number of aryl methyl sites for hydroxylation is 1. The number of rotatable bonds is 10. The van der Waals surface area contributed by atoms with E-state index in [4.69, 9.17) is 26.2 Å². The average Bonchev–Trinajstić information content (AvgIpc) is 3.00. The van der Waals surface area contributed by atoms with Crippen molar-refractivity contribution in [2.75, 3.05) is 24.6 Å². The summed E-state index contributed by atoms with van der Waals surface area (Å²) < 4.78 is 35.2. The Morgan fingerprint density at radius 2 is 1.98 bits per heavy atom. The molecule has 1 aliphatic carbocycles. The summed E-state index contributed by atoms with van der Waals surface area (Å²) in [7, 11) is -3.63. The number of ether oxygens (including phenoxy) is 2. The Kier molecular flexibility index (Phi) is 11.4. The minimum Gasteiger partial charge on any atom is -0.487 e. The lowest BCUT2D eigenvalue weighted by Crippen LogP contribution is -2.51. The number of esters is 1. The van der Waals surface area contributed by atoms with Crippen LogP contribution < -0.4 is 14.8 Å². The van der Waals surface area contributed by atoms with Gasteiger partial charge in [-0.15, -0.1) is 0 Å². The highest BCUT2D eigenvalue weighted by atomic mass is 35.5. The third kappa shape index (κ3) is 8.56. The van der Waals surface area contributed by atoms with Crippen LogP contribution in [0.25, 0.3) is 0 Å². The van der Waals surface area contributed by atoms with E-state index in [-0.39, 0.29) is 29.6 Å². The van der Waals surface area contributed by atoms with Gasteiger partial charge in [0, 0.05) is 23.5 Å². The lowest BCUT2D eigenvalue weighted by molar-refractivity contribution is -0.0466. The van der Waals surface area contributed by atoms with Crippen molar-refractivity contribution in [1.82, 2.24) is 0 Å². The number of primary sulfonamides is 1. The van der Waals surface area contributed by atoms with Gasteiger partial charge >= 0.3 is 5.97 Å². The number of halogens is 1. The number of carbonyl (C=O) groups excluding carboxylic acids is 1. The lowest BCUT2D eigenvalue weighted by Gasteiger charge is -2.51. The number of aliphatic hydroxyl groups excluding tert-OH is 1. The zero-order valence-electron chi connectivity index (χ0n) is 26.3. The SMILES string of the molecule is CC(C)COC(=O)c1ccc2c(c1)N(C[C@@H]1CC[C@@]1(C)[C@H](O)/C=C/C[C@@H](C)S(N)(=O)=O)CCCCc1cc(Cl)ccc1CO2.